The lowest BCUT2D eigenvalue weighted by atomic mass is 10.2. The summed E-state index contributed by atoms with van der Waals surface area (Å²) in [6.07, 6.45) is 1.65. The van der Waals surface area contributed by atoms with E-state index < -0.39 is 0 Å². The van der Waals surface area contributed by atoms with Gasteiger partial charge in [0.2, 0.25) is 5.88 Å². The zero-order chi connectivity index (χ0) is 13.7. The van der Waals surface area contributed by atoms with E-state index in [-0.39, 0.29) is 5.97 Å². The first-order valence-electron chi connectivity index (χ1n) is 5.76. The Morgan fingerprint density at radius 3 is 2.63 bits per heavy atom. The van der Waals surface area contributed by atoms with Gasteiger partial charge in [0.05, 0.1) is 16.6 Å². The lowest BCUT2D eigenvalue weighted by Crippen LogP contribution is -2.04. The van der Waals surface area contributed by atoms with E-state index in [9.17, 15) is 4.79 Å². The Labute approximate surface area is 119 Å². The number of carbonyl (C=O) groups is 1. The SMILES string of the molecule is CCOC(=O)c1ccc(Oc2ncccc2Br)cc1. The van der Waals surface area contributed by atoms with Gasteiger partial charge in [-0.05, 0) is 59.3 Å². The maximum Gasteiger partial charge on any atom is 0.338 e. The fourth-order valence-corrected chi connectivity index (χ4v) is 1.77. The summed E-state index contributed by atoms with van der Waals surface area (Å²) < 4.78 is 11.3. The van der Waals surface area contributed by atoms with Gasteiger partial charge in [0.25, 0.3) is 0 Å². The average Bonchev–Trinajstić information content (AvgIpc) is 2.42. The molecule has 0 amide bonds. The number of hydrogen-bond acceptors (Lipinski definition) is 4. The van der Waals surface area contributed by atoms with Gasteiger partial charge in [-0.3, -0.25) is 0 Å². The summed E-state index contributed by atoms with van der Waals surface area (Å²) in [4.78, 5) is 15.6. The van der Waals surface area contributed by atoms with Gasteiger partial charge in [0.15, 0.2) is 0 Å². The average molecular weight is 322 g/mol. The number of aromatic nitrogens is 1. The summed E-state index contributed by atoms with van der Waals surface area (Å²) in [6, 6.07) is 10.4. The molecule has 19 heavy (non-hydrogen) atoms. The van der Waals surface area contributed by atoms with Crippen LogP contribution in [0.5, 0.6) is 11.6 Å². The minimum absolute atomic E-state index is 0.340. The molecule has 1 heterocycles. The molecule has 0 saturated carbocycles. The van der Waals surface area contributed by atoms with Crippen molar-refractivity contribution in [3.8, 4) is 11.6 Å². The molecular weight excluding hydrogens is 310 g/mol. The monoisotopic (exact) mass is 321 g/mol. The first kappa shape index (κ1) is 13.5. The Morgan fingerprint density at radius 2 is 2.00 bits per heavy atom. The highest BCUT2D eigenvalue weighted by molar-refractivity contribution is 9.10. The first-order valence-corrected chi connectivity index (χ1v) is 6.55. The molecule has 1 aromatic carbocycles. The second-order valence-electron chi connectivity index (χ2n) is 3.64. The molecule has 0 aliphatic heterocycles. The standard InChI is InChI=1S/C14H12BrNO3/c1-2-18-14(17)10-5-7-11(8-6-10)19-13-12(15)4-3-9-16-13/h3-9H,2H2,1H3. The molecule has 0 unspecified atom stereocenters. The van der Waals surface area contributed by atoms with Gasteiger partial charge in [0.1, 0.15) is 5.75 Å². The van der Waals surface area contributed by atoms with Crippen LogP contribution < -0.4 is 4.74 Å². The molecule has 0 fully saturated rings. The molecule has 0 aliphatic rings. The first-order chi connectivity index (χ1) is 9.20. The Kier molecular flexibility index (Phi) is 4.52. The zero-order valence-corrected chi connectivity index (χ0v) is 11.9. The molecule has 0 spiro atoms. The molecule has 5 heteroatoms. The van der Waals surface area contributed by atoms with Crippen LogP contribution in [0.1, 0.15) is 17.3 Å². The number of nitrogens with zero attached hydrogens (tertiary/aromatic N) is 1. The molecule has 0 saturated heterocycles. The van der Waals surface area contributed by atoms with Crippen LogP contribution in [0.15, 0.2) is 47.1 Å². The number of ether oxygens (including phenoxy) is 2. The predicted octanol–water partition coefficient (Wildman–Crippen LogP) is 3.81. The van der Waals surface area contributed by atoms with E-state index in [4.69, 9.17) is 9.47 Å². The number of esters is 1. The molecular formula is C14H12BrNO3. The van der Waals surface area contributed by atoms with Crippen LogP contribution in [-0.4, -0.2) is 17.6 Å². The van der Waals surface area contributed by atoms with Crippen LogP contribution in [0.4, 0.5) is 0 Å². The van der Waals surface area contributed by atoms with Crippen molar-refractivity contribution < 1.29 is 14.3 Å². The predicted molar refractivity (Wildman–Crippen MR) is 74.4 cm³/mol. The van der Waals surface area contributed by atoms with Gasteiger partial charge < -0.3 is 9.47 Å². The Bertz CT molecular complexity index is 569. The molecule has 98 valence electrons. The molecule has 0 atom stereocenters. The molecule has 2 aromatic rings. The van der Waals surface area contributed by atoms with Gasteiger partial charge >= 0.3 is 5.97 Å². The van der Waals surface area contributed by atoms with Gasteiger partial charge in [-0.15, -0.1) is 0 Å². The summed E-state index contributed by atoms with van der Waals surface area (Å²) in [7, 11) is 0. The molecule has 2 rings (SSSR count). The van der Waals surface area contributed by atoms with Crippen LogP contribution in [0.3, 0.4) is 0 Å². The highest BCUT2D eigenvalue weighted by Crippen LogP contribution is 2.26. The van der Waals surface area contributed by atoms with Gasteiger partial charge in [-0.2, -0.15) is 0 Å². The van der Waals surface area contributed by atoms with E-state index >= 15 is 0 Å². The Morgan fingerprint density at radius 1 is 1.26 bits per heavy atom. The van der Waals surface area contributed by atoms with Crippen molar-refractivity contribution in [2.45, 2.75) is 6.92 Å². The largest absolute Gasteiger partial charge is 0.462 e. The van der Waals surface area contributed by atoms with Crippen molar-refractivity contribution in [3.05, 3.63) is 52.6 Å². The molecule has 0 aliphatic carbocycles. The van der Waals surface area contributed by atoms with Crippen LogP contribution in [-0.2, 0) is 4.74 Å². The van der Waals surface area contributed by atoms with Gasteiger partial charge in [-0.1, -0.05) is 0 Å². The van der Waals surface area contributed by atoms with Crippen LogP contribution >= 0.6 is 15.9 Å². The number of rotatable bonds is 4. The third-order valence-corrected chi connectivity index (χ3v) is 2.91. The third-order valence-electron chi connectivity index (χ3n) is 2.30. The maximum atomic E-state index is 11.5. The highest BCUT2D eigenvalue weighted by Gasteiger charge is 2.07. The van der Waals surface area contributed by atoms with E-state index in [2.05, 4.69) is 20.9 Å². The van der Waals surface area contributed by atoms with Crippen molar-refractivity contribution in [1.29, 1.82) is 0 Å². The Balaban J connectivity index is 2.11. The molecule has 0 N–H and O–H groups in total. The smallest absolute Gasteiger partial charge is 0.338 e. The lowest BCUT2D eigenvalue weighted by Gasteiger charge is -2.07. The fourth-order valence-electron chi connectivity index (χ4n) is 1.43. The summed E-state index contributed by atoms with van der Waals surface area (Å²) in [5.74, 6) is 0.742. The van der Waals surface area contributed by atoms with E-state index in [0.717, 1.165) is 4.47 Å². The zero-order valence-electron chi connectivity index (χ0n) is 10.3. The Hall–Kier alpha value is -1.88. The van der Waals surface area contributed by atoms with E-state index in [1.807, 2.05) is 6.07 Å². The summed E-state index contributed by atoms with van der Waals surface area (Å²) in [6.45, 7) is 2.13. The quantitative estimate of drug-likeness (QED) is 0.803. The van der Waals surface area contributed by atoms with Crippen molar-refractivity contribution >= 4 is 21.9 Å². The summed E-state index contributed by atoms with van der Waals surface area (Å²) in [5.41, 5.74) is 0.495. The summed E-state index contributed by atoms with van der Waals surface area (Å²) >= 11 is 3.35. The van der Waals surface area contributed by atoms with Crippen molar-refractivity contribution in [1.82, 2.24) is 4.98 Å². The normalized spacial score (nSPS) is 10.0. The number of benzene rings is 1. The van der Waals surface area contributed by atoms with E-state index in [1.165, 1.54) is 0 Å². The maximum absolute atomic E-state index is 11.5. The highest BCUT2D eigenvalue weighted by atomic mass is 79.9. The van der Waals surface area contributed by atoms with Crippen LogP contribution in [0.2, 0.25) is 0 Å². The number of carbonyl (C=O) groups excluding carboxylic acids is 1. The molecule has 1 aromatic heterocycles. The minimum Gasteiger partial charge on any atom is -0.462 e. The van der Waals surface area contributed by atoms with E-state index in [0.29, 0.717) is 23.8 Å². The number of halogens is 1. The lowest BCUT2D eigenvalue weighted by molar-refractivity contribution is 0.0526. The fraction of sp³-hybridized carbons (Fsp3) is 0.143. The second kappa shape index (κ2) is 6.33. The molecule has 0 bridgehead atoms. The molecule has 4 nitrogen and oxygen atoms in total. The molecule has 0 radical (unpaired) electrons. The van der Waals surface area contributed by atoms with Crippen molar-refractivity contribution in [2.75, 3.05) is 6.61 Å². The third kappa shape index (κ3) is 3.54. The van der Waals surface area contributed by atoms with Crippen molar-refractivity contribution in [3.63, 3.8) is 0 Å². The second-order valence-corrected chi connectivity index (χ2v) is 4.49. The van der Waals surface area contributed by atoms with Crippen LogP contribution in [0, 0.1) is 0 Å². The number of pyridine rings is 1. The number of hydrogen-bond donors (Lipinski definition) is 0. The summed E-state index contributed by atoms with van der Waals surface area (Å²) in [5, 5.41) is 0. The van der Waals surface area contributed by atoms with Crippen LogP contribution in [0.25, 0.3) is 0 Å². The topological polar surface area (TPSA) is 48.4 Å². The van der Waals surface area contributed by atoms with Gasteiger partial charge in [-0.25, -0.2) is 9.78 Å². The minimum atomic E-state index is -0.340. The van der Waals surface area contributed by atoms with Crippen molar-refractivity contribution in [2.24, 2.45) is 0 Å². The van der Waals surface area contributed by atoms with Gasteiger partial charge in [0, 0.05) is 6.20 Å². The van der Waals surface area contributed by atoms with E-state index in [1.54, 1.807) is 43.5 Å².